The van der Waals surface area contributed by atoms with E-state index >= 15 is 0 Å². The molecular weight excluding hydrogens is 302 g/mol. The average molecular weight is 316 g/mol. The van der Waals surface area contributed by atoms with Gasteiger partial charge in [0.05, 0.1) is 6.54 Å². The molecule has 1 rings (SSSR count). The third-order valence-electron chi connectivity index (χ3n) is 2.06. The molecule has 92 valence electrons. The summed E-state index contributed by atoms with van der Waals surface area (Å²) in [6.07, 6.45) is 0. The first-order valence-corrected chi connectivity index (χ1v) is 6.34. The molecule has 0 atom stereocenters. The van der Waals surface area contributed by atoms with Gasteiger partial charge in [0.2, 0.25) is 5.91 Å². The molecule has 0 aromatic heterocycles. The lowest BCUT2D eigenvalue weighted by molar-refractivity contribution is -0.119. The Bertz CT molecular complexity index is 437. The smallest absolute Gasteiger partial charge is 0.239 e. The Hall–Kier alpha value is -1.14. The minimum Gasteiger partial charge on any atom is -0.389 e. The first-order chi connectivity index (χ1) is 8.04. The van der Waals surface area contributed by atoms with Crippen LogP contribution in [0.3, 0.4) is 0 Å². The van der Waals surface area contributed by atoms with E-state index < -0.39 is 0 Å². The summed E-state index contributed by atoms with van der Waals surface area (Å²) < 4.78 is 0.811. The number of hydrogen-bond acceptors (Lipinski definition) is 3. The molecule has 1 amide bonds. The van der Waals surface area contributed by atoms with E-state index in [0.717, 1.165) is 15.7 Å². The van der Waals surface area contributed by atoms with Crippen LogP contribution in [0.5, 0.6) is 0 Å². The number of carbonyl (C=O) groups is 1. The van der Waals surface area contributed by atoms with E-state index in [1.54, 1.807) is 0 Å². The van der Waals surface area contributed by atoms with Crippen LogP contribution in [0.25, 0.3) is 0 Å². The SMILES string of the molecule is CCNC(=O)CNc1ccc(C(N)=S)c(Br)c1. The number of anilines is 1. The van der Waals surface area contributed by atoms with Crippen LogP contribution in [-0.4, -0.2) is 24.0 Å². The van der Waals surface area contributed by atoms with Gasteiger partial charge in [-0.15, -0.1) is 0 Å². The van der Waals surface area contributed by atoms with E-state index in [1.807, 2.05) is 25.1 Å². The van der Waals surface area contributed by atoms with E-state index in [2.05, 4.69) is 26.6 Å². The highest BCUT2D eigenvalue weighted by Crippen LogP contribution is 2.21. The molecule has 0 radical (unpaired) electrons. The van der Waals surface area contributed by atoms with Gasteiger partial charge in [0, 0.05) is 22.3 Å². The molecule has 0 unspecified atom stereocenters. The van der Waals surface area contributed by atoms with E-state index in [1.165, 1.54) is 0 Å². The highest BCUT2D eigenvalue weighted by molar-refractivity contribution is 9.10. The Morgan fingerprint density at radius 3 is 2.76 bits per heavy atom. The Morgan fingerprint density at radius 1 is 1.53 bits per heavy atom. The summed E-state index contributed by atoms with van der Waals surface area (Å²) in [6.45, 7) is 2.75. The van der Waals surface area contributed by atoms with Crippen molar-refractivity contribution in [3.05, 3.63) is 28.2 Å². The van der Waals surface area contributed by atoms with Crippen LogP contribution in [0.4, 0.5) is 5.69 Å². The zero-order chi connectivity index (χ0) is 12.8. The number of hydrogen-bond donors (Lipinski definition) is 3. The van der Waals surface area contributed by atoms with Gasteiger partial charge in [0.1, 0.15) is 4.99 Å². The quantitative estimate of drug-likeness (QED) is 0.723. The normalized spacial score (nSPS) is 9.76. The fraction of sp³-hybridized carbons (Fsp3) is 0.273. The van der Waals surface area contributed by atoms with Crippen LogP contribution in [0.1, 0.15) is 12.5 Å². The Labute approximate surface area is 114 Å². The topological polar surface area (TPSA) is 67.2 Å². The van der Waals surface area contributed by atoms with Crippen molar-refractivity contribution in [3.8, 4) is 0 Å². The molecule has 6 heteroatoms. The van der Waals surface area contributed by atoms with Gasteiger partial charge in [-0.1, -0.05) is 12.2 Å². The first kappa shape index (κ1) is 13.9. The Morgan fingerprint density at radius 2 is 2.24 bits per heavy atom. The highest BCUT2D eigenvalue weighted by Gasteiger charge is 2.04. The van der Waals surface area contributed by atoms with Crippen LogP contribution < -0.4 is 16.4 Å². The zero-order valence-corrected chi connectivity index (χ0v) is 11.8. The molecule has 0 saturated heterocycles. The van der Waals surface area contributed by atoms with E-state index in [9.17, 15) is 4.79 Å². The maximum absolute atomic E-state index is 11.3. The largest absolute Gasteiger partial charge is 0.389 e. The number of carbonyl (C=O) groups excluding carboxylic acids is 1. The summed E-state index contributed by atoms with van der Waals surface area (Å²) in [5.41, 5.74) is 7.16. The maximum Gasteiger partial charge on any atom is 0.239 e. The number of nitrogens with two attached hydrogens (primary N) is 1. The lowest BCUT2D eigenvalue weighted by Gasteiger charge is -2.08. The number of thiocarbonyl (C=S) groups is 1. The summed E-state index contributed by atoms with van der Waals surface area (Å²) in [5, 5.41) is 5.72. The molecule has 0 heterocycles. The van der Waals surface area contributed by atoms with Gasteiger partial charge in [-0.2, -0.15) is 0 Å². The molecule has 0 saturated carbocycles. The monoisotopic (exact) mass is 315 g/mol. The second kappa shape index (κ2) is 6.56. The fourth-order valence-electron chi connectivity index (χ4n) is 1.27. The van der Waals surface area contributed by atoms with Crippen molar-refractivity contribution < 1.29 is 4.79 Å². The van der Waals surface area contributed by atoms with Crippen LogP contribution in [-0.2, 0) is 4.79 Å². The average Bonchev–Trinajstić information content (AvgIpc) is 2.26. The Balaban J connectivity index is 2.65. The lowest BCUT2D eigenvalue weighted by atomic mass is 10.2. The molecule has 0 aliphatic heterocycles. The minimum atomic E-state index is -0.0398. The predicted molar refractivity (Wildman–Crippen MR) is 77.2 cm³/mol. The van der Waals surface area contributed by atoms with Gasteiger partial charge in [0.25, 0.3) is 0 Å². The molecular formula is C11H14BrN3OS. The lowest BCUT2D eigenvalue weighted by Crippen LogP contribution is -2.29. The Kier molecular flexibility index (Phi) is 5.37. The van der Waals surface area contributed by atoms with Crippen LogP contribution in [0.15, 0.2) is 22.7 Å². The number of halogens is 1. The third kappa shape index (κ3) is 4.32. The summed E-state index contributed by atoms with van der Waals surface area (Å²) >= 11 is 8.27. The van der Waals surface area contributed by atoms with Gasteiger partial charge >= 0.3 is 0 Å². The first-order valence-electron chi connectivity index (χ1n) is 5.14. The number of benzene rings is 1. The standard InChI is InChI=1S/C11H14BrN3OS/c1-2-14-10(16)6-15-7-3-4-8(11(13)17)9(12)5-7/h3-5,15H,2,6H2,1H3,(H2,13,17)(H,14,16). The zero-order valence-electron chi connectivity index (χ0n) is 9.42. The maximum atomic E-state index is 11.3. The number of likely N-dealkylation sites (N-methyl/N-ethyl adjacent to an activating group) is 1. The van der Waals surface area contributed by atoms with Crippen molar-refractivity contribution in [2.75, 3.05) is 18.4 Å². The minimum absolute atomic E-state index is 0.0398. The summed E-state index contributed by atoms with van der Waals surface area (Å²) in [4.78, 5) is 11.6. The molecule has 0 bridgehead atoms. The van der Waals surface area contributed by atoms with Gasteiger partial charge in [-0.3, -0.25) is 4.79 Å². The summed E-state index contributed by atoms with van der Waals surface area (Å²) in [6, 6.07) is 5.48. The molecule has 17 heavy (non-hydrogen) atoms. The van der Waals surface area contributed by atoms with Crippen LogP contribution >= 0.6 is 28.1 Å². The van der Waals surface area contributed by atoms with E-state index in [0.29, 0.717) is 11.5 Å². The summed E-state index contributed by atoms with van der Waals surface area (Å²) in [5.74, 6) is -0.0398. The molecule has 4 nitrogen and oxygen atoms in total. The van der Waals surface area contributed by atoms with Gasteiger partial charge in [-0.25, -0.2) is 0 Å². The van der Waals surface area contributed by atoms with Crippen molar-refractivity contribution in [2.45, 2.75) is 6.92 Å². The van der Waals surface area contributed by atoms with Gasteiger partial charge in [0.15, 0.2) is 0 Å². The molecule has 0 aliphatic carbocycles. The van der Waals surface area contributed by atoms with Crippen molar-refractivity contribution in [3.63, 3.8) is 0 Å². The van der Waals surface area contributed by atoms with Crippen molar-refractivity contribution in [1.29, 1.82) is 0 Å². The molecule has 0 aliphatic rings. The van der Waals surface area contributed by atoms with Crippen LogP contribution in [0, 0.1) is 0 Å². The fourth-order valence-corrected chi connectivity index (χ4v) is 2.17. The van der Waals surface area contributed by atoms with Crippen LogP contribution in [0.2, 0.25) is 0 Å². The third-order valence-corrected chi connectivity index (χ3v) is 2.94. The number of nitrogens with one attached hydrogen (secondary N) is 2. The van der Waals surface area contributed by atoms with E-state index in [4.69, 9.17) is 18.0 Å². The van der Waals surface area contributed by atoms with Crippen molar-refractivity contribution >= 4 is 44.7 Å². The van der Waals surface area contributed by atoms with Gasteiger partial charge < -0.3 is 16.4 Å². The van der Waals surface area contributed by atoms with E-state index in [-0.39, 0.29) is 12.5 Å². The summed E-state index contributed by atoms with van der Waals surface area (Å²) in [7, 11) is 0. The number of amides is 1. The van der Waals surface area contributed by atoms with Gasteiger partial charge in [-0.05, 0) is 41.1 Å². The second-order valence-corrected chi connectivity index (χ2v) is 4.66. The van der Waals surface area contributed by atoms with Crippen molar-refractivity contribution in [1.82, 2.24) is 5.32 Å². The number of rotatable bonds is 5. The highest BCUT2D eigenvalue weighted by atomic mass is 79.9. The molecule has 0 spiro atoms. The molecule has 1 aromatic carbocycles. The van der Waals surface area contributed by atoms with Crippen molar-refractivity contribution in [2.24, 2.45) is 5.73 Å². The molecule has 4 N–H and O–H groups in total. The second-order valence-electron chi connectivity index (χ2n) is 3.37. The predicted octanol–water partition coefficient (Wildman–Crippen LogP) is 1.63. The molecule has 1 aromatic rings. The molecule has 0 fully saturated rings.